The van der Waals surface area contributed by atoms with Gasteiger partial charge in [0.05, 0.1) is 19.8 Å². The van der Waals surface area contributed by atoms with Crippen LogP contribution in [-0.4, -0.2) is 38.1 Å². The van der Waals surface area contributed by atoms with Crippen LogP contribution in [0.2, 0.25) is 0 Å². The molecular formula is C16H24N2O3. The van der Waals surface area contributed by atoms with Crippen molar-refractivity contribution < 1.29 is 14.3 Å². The van der Waals surface area contributed by atoms with E-state index in [9.17, 15) is 4.79 Å². The van der Waals surface area contributed by atoms with Crippen LogP contribution in [0.25, 0.3) is 0 Å². The van der Waals surface area contributed by atoms with Crippen LogP contribution in [0.3, 0.4) is 0 Å². The number of hydrogen-bond acceptors (Lipinski definition) is 4. The summed E-state index contributed by atoms with van der Waals surface area (Å²) in [5.41, 5.74) is 6.91. The molecule has 1 saturated carbocycles. The summed E-state index contributed by atoms with van der Waals surface area (Å²) in [6, 6.07) is 3.31. The molecule has 0 bridgehead atoms. The molecular weight excluding hydrogens is 268 g/mol. The van der Waals surface area contributed by atoms with Crippen LogP contribution < -0.4 is 15.2 Å². The van der Waals surface area contributed by atoms with Crippen LogP contribution in [0.5, 0.6) is 11.5 Å². The number of anilines is 1. The van der Waals surface area contributed by atoms with Gasteiger partial charge < -0.3 is 20.1 Å². The van der Waals surface area contributed by atoms with Gasteiger partial charge in [-0.3, -0.25) is 4.79 Å². The van der Waals surface area contributed by atoms with Crippen LogP contribution in [0.1, 0.15) is 36.5 Å². The fraction of sp³-hybridized carbons (Fsp3) is 0.562. The number of amides is 1. The van der Waals surface area contributed by atoms with Gasteiger partial charge in [0.25, 0.3) is 5.91 Å². The summed E-state index contributed by atoms with van der Waals surface area (Å²) in [6.45, 7) is 3.49. The van der Waals surface area contributed by atoms with Gasteiger partial charge >= 0.3 is 0 Å². The third kappa shape index (κ3) is 3.23. The van der Waals surface area contributed by atoms with Crippen molar-refractivity contribution in [2.24, 2.45) is 5.92 Å². The van der Waals surface area contributed by atoms with Crippen LogP contribution in [0, 0.1) is 5.92 Å². The largest absolute Gasteiger partial charge is 0.493 e. The van der Waals surface area contributed by atoms with E-state index in [4.69, 9.17) is 15.2 Å². The molecule has 0 unspecified atom stereocenters. The lowest BCUT2D eigenvalue weighted by Gasteiger charge is -2.32. The summed E-state index contributed by atoms with van der Waals surface area (Å²) in [4.78, 5) is 14.6. The van der Waals surface area contributed by atoms with Gasteiger partial charge in [-0.1, -0.05) is 6.42 Å². The highest BCUT2D eigenvalue weighted by Crippen LogP contribution is 2.33. The first-order valence-electron chi connectivity index (χ1n) is 7.41. The Bertz CT molecular complexity index is 512. The minimum atomic E-state index is -0.0390. The Balaban J connectivity index is 2.23. The molecule has 21 heavy (non-hydrogen) atoms. The summed E-state index contributed by atoms with van der Waals surface area (Å²) in [6.07, 6.45) is 3.70. The molecule has 0 saturated heterocycles. The van der Waals surface area contributed by atoms with Crippen LogP contribution in [-0.2, 0) is 0 Å². The Labute approximate surface area is 126 Å². The highest BCUT2D eigenvalue weighted by atomic mass is 16.5. The molecule has 2 N–H and O–H groups in total. The molecule has 1 aliphatic carbocycles. The number of rotatable bonds is 6. The van der Waals surface area contributed by atoms with Gasteiger partial charge in [-0.15, -0.1) is 0 Å². The van der Waals surface area contributed by atoms with E-state index in [1.165, 1.54) is 19.3 Å². The molecule has 5 heteroatoms. The van der Waals surface area contributed by atoms with E-state index in [0.717, 1.165) is 6.54 Å². The molecule has 1 fully saturated rings. The second-order valence-corrected chi connectivity index (χ2v) is 5.44. The number of methoxy groups -OCH3 is 2. The number of hydrogen-bond donors (Lipinski definition) is 1. The van der Waals surface area contributed by atoms with E-state index in [1.54, 1.807) is 26.4 Å². The molecule has 0 aliphatic heterocycles. The van der Waals surface area contributed by atoms with Gasteiger partial charge in [0.2, 0.25) is 0 Å². The van der Waals surface area contributed by atoms with Crippen molar-refractivity contribution in [1.29, 1.82) is 0 Å². The first kappa shape index (κ1) is 15.5. The second-order valence-electron chi connectivity index (χ2n) is 5.44. The molecule has 0 spiro atoms. The minimum absolute atomic E-state index is 0.0390. The molecule has 5 nitrogen and oxygen atoms in total. The Morgan fingerprint density at radius 1 is 1.29 bits per heavy atom. The first-order chi connectivity index (χ1) is 10.1. The maximum absolute atomic E-state index is 12.7. The van der Waals surface area contributed by atoms with Gasteiger partial charge in [0.15, 0.2) is 11.5 Å². The number of nitrogens with zero attached hydrogens (tertiary/aromatic N) is 1. The maximum atomic E-state index is 12.7. The smallest absolute Gasteiger partial charge is 0.256 e. The maximum Gasteiger partial charge on any atom is 0.256 e. The SMILES string of the molecule is CCN(CC1CCC1)C(=O)c1cc(OC)c(OC)cc1N. The summed E-state index contributed by atoms with van der Waals surface area (Å²) in [7, 11) is 3.10. The van der Waals surface area contributed by atoms with Crippen molar-refractivity contribution in [3.05, 3.63) is 17.7 Å². The van der Waals surface area contributed by atoms with Crippen molar-refractivity contribution in [2.75, 3.05) is 33.0 Å². The van der Waals surface area contributed by atoms with E-state index < -0.39 is 0 Å². The van der Waals surface area contributed by atoms with Gasteiger partial charge in [0, 0.05) is 24.8 Å². The van der Waals surface area contributed by atoms with E-state index in [1.807, 2.05) is 11.8 Å². The van der Waals surface area contributed by atoms with Crippen LogP contribution >= 0.6 is 0 Å². The lowest BCUT2D eigenvalue weighted by atomic mass is 9.85. The van der Waals surface area contributed by atoms with E-state index in [2.05, 4.69) is 0 Å². The van der Waals surface area contributed by atoms with E-state index >= 15 is 0 Å². The zero-order chi connectivity index (χ0) is 15.4. The number of nitrogen functional groups attached to an aromatic ring is 1. The topological polar surface area (TPSA) is 64.8 Å². The lowest BCUT2D eigenvalue weighted by Crippen LogP contribution is -2.37. The molecule has 116 valence electrons. The van der Waals surface area contributed by atoms with Crippen molar-refractivity contribution in [3.63, 3.8) is 0 Å². The van der Waals surface area contributed by atoms with Crippen molar-refractivity contribution in [1.82, 2.24) is 4.90 Å². The Morgan fingerprint density at radius 3 is 2.38 bits per heavy atom. The fourth-order valence-corrected chi connectivity index (χ4v) is 2.59. The number of carbonyl (C=O) groups is 1. The zero-order valence-electron chi connectivity index (χ0n) is 13.0. The fourth-order valence-electron chi connectivity index (χ4n) is 2.59. The number of carbonyl (C=O) groups excluding carboxylic acids is 1. The average Bonchev–Trinajstić information content (AvgIpc) is 2.45. The Kier molecular flexibility index (Phi) is 4.94. The monoisotopic (exact) mass is 292 g/mol. The van der Waals surface area contributed by atoms with E-state index in [0.29, 0.717) is 35.2 Å². The van der Waals surface area contributed by atoms with Crippen molar-refractivity contribution >= 4 is 11.6 Å². The predicted octanol–water partition coefficient (Wildman–Crippen LogP) is 2.55. The second kappa shape index (κ2) is 6.70. The van der Waals surface area contributed by atoms with Crippen molar-refractivity contribution in [2.45, 2.75) is 26.2 Å². The van der Waals surface area contributed by atoms with Gasteiger partial charge in [0.1, 0.15) is 0 Å². The highest BCUT2D eigenvalue weighted by molar-refractivity contribution is 6.00. The summed E-state index contributed by atoms with van der Waals surface area (Å²) < 4.78 is 10.5. The van der Waals surface area contributed by atoms with E-state index in [-0.39, 0.29) is 5.91 Å². The standard InChI is InChI=1S/C16H24N2O3/c1-4-18(10-11-6-5-7-11)16(19)12-8-14(20-2)15(21-3)9-13(12)17/h8-9,11H,4-7,10,17H2,1-3H3. The molecule has 1 amide bonds. The summed E-state index contributed by atoms with van der Waals surface area (Å²) in [5.74, 6) is 1.65. The summed E-state index contributed by atoms with van der Waals surface area (Å²) in [5, 5.41) is 0. The van der Waals surface area contributed by atoms with Gasteiger partial charge in [-0.25, -0.2) is 0 Å². The zero-order valence-corrected chi connectivity index (χ0v) is 13.0. The molecule has 1 aliphatic rings. The molecule has 0 atom stereocenters. The molecule has 1 aromatic carbocycles. The normalized spacial score (nSPS) is 14.4. The summed E-state index contributed by atoms with van der Waals surface area (Å²) >= 11 is 0. The van der Waals surface area contributed by atoms with Crippen LogP contribution in [0.4, 0.5) is 5.69 Å². The molecule has 0 heterocycles. The van der Waals surface area contributed by atoms with Gasteiger partial charge in [-0.05, 0) is 31.7 Å². The Hall–Kier alpha value is -1.91. The van der Waals surface area contributed by atoms with Crippen molar-refractivity contribution in [3.8, 4) is 11.5 Å². The third-order valence-corrected chi connectivity index (χ3v) is 4.16. The van der Waals surface area contributed by atoms with Gasteiger partial charge in [-0.2, -0.15) is 0 Å². The number of ether oxygens (including phenoxy) is 2. The molecule has 1 aromatic rings. The number of benzene rings is 1. The lowest BCUT2D eigenvalue weighted by molar-refractivity contribution is 0.0707. The minimum Gasteiger partial charge on any atom is -0.493 e. The predicted molar refractivity (Wildman–Crippen MR) is 82.9 cm³/mol. The first-order valence-corrected chi connectivity index (χ1v) is 7.41. The van der Waals surface area contributed by atoms with Crippen LogP contribution in [0.15, 0.2) is 12.1 Å². The molecule has 0 aromatic heterocycles. The number of nitrogens with two attached hydrogens (primary N) is 1. The Morgan fingerprint density at radius 2 is 1.90 bits per heavy atom. The highest BCUT2D eigenvalue weighted by Gasteiger charge is 2.25. The molecule has 2 rings (SSSR count). The molecule has 0 radical (unpaired) electrons. The third-order valence-electron chi connectivity index (χ3n) is 4.16. The average molecular weight is 292 g/mol. The quantitative estimate of drug-likeness (QED) is 0.818.